The third-order valence-corrected chi connectivity index (χ3v) is 3.97. The molecule has 144 valence electrons. The van der Waals surface area contributed by atoms with Crippen molar-refractivity contribution in [3.05, 3.63) is 61.2 Å². The Bertz CT molecular complexity index is 981. The topological polar surface area (TPSA) is 107 Å². The highest BCUT2D eigenvalue weighted by Gasteiger charge is 2.21. The number of nitrogens with two attached hydrogens (primary N) is 1. The summed E-state index contributed by atoms with van der Waals surface area (Å²) in [5.41, 5.74) is 7.89. The van der Waals surface area contributed by atoms with E-state index in [9.17, 15) is 5.11 Å². The second-order valence-corrected chi connectivity index (χ2v) is 6.00. The molecule has 0 aliphatic heterocycles. The van der Waals surface area contributed by atoms with Crippen LogP contribution in [0.5, 0.6) is 5.88 Å². The van der Waals surface area contributed by atoms with Crippen molar-refractivity contribution in [2.24, 2.45) is 0 Å². The molecule has 0 aliphatic rings. The normalized spacial score (nSPS) is 11.4. The largest absolute Gasteiger partial charge is 0.506 e. The molecule has 0 bridgehead atoms. The highest BCUT2D eigenvalue weighted by atomic mass is 16.5. The Balaban J connectivity index is 2.19. The molecule has 3 heterocycles. The molecule has 3 aromatic heterocycles. The van der Waals surface area contributed by atoms with Crippen LogP contribution >= 0.6 is 0 Å². The zero-order chi connectivity index (χ0) is 19.9. The molecule has 0 saturated heterocycles. The molecule has 3 rings (SSSR count). The molecule has 0 fully saturated rings. The Labute approximate surface area is 163 Å². The monoisotopic (exact) mass is 378 g/mol. The van der Waals surface area contributed by atoms with E-state index in [0.717, 1.165) is 12.8 Å². The van der Waals surface area contributed by atoms with Gasteiger partial charge in [0.05, 0.1) is 12.9 Å². The molecule has 0 aromatic carbocycles. The summed E-state index contributed by atoms with van der Waals surface area (Å²) in [6.07, 6.45) is 8.05. The number of nitrogen functional groups attached to an aromatic ring is 1. The summed E-state index contributed by atoms with van der Waals surface area (Å²) in [5.74, 6) is 0.910. The van der Waals surface area contributed by atoms with E-state index >= 15 is 0 Å². The maximum atomic E-state index is 10.5. The van der Waals surface area contributed by atoms with Gasteiger partial charge in [-0.05, 0) is 36.3 Å². The summed E-state index contributed by atoms with van der Waals surface area (Å²) >= 11 is 0. The average Bonchev–Trinajstić information content (AvgIpc) is 3.23. The molecule has 3 N–H and O–H groups in total. The maximum Gasteiger partial charge on any atom is 0.221 e. The number of pyridine rings is 1. The van der Waals surface area contributed by atoms with Crippen molar-refractivity contribution in [3.8, 4) is 28.5 Å². The van der Waals surface area contributed by atoms with Crippen LogP contribution in [-0.4, -0.2) is 26.7 Å². The lowest BCUT2D eigenvalue weighted by molar-refractivity contribution is 0.298. The van der Waals surface area contributed by atoms with Crippen LogP contribution in [0.2, 0.25) is 0 Å². The lowest BCUT2D eigenvalue weighted by Crippen LogP contribution is -2.05. The van der Waals surface area contributed by atoms with Crippen molar-refractivity contribution in [2.45, 2.75) is 19.8 Å². The molecule has 7 nitrogen and oxygen atoms in total. The number of unbranched alkanes of at least 4 members (excludes halogenated alkanes) is 1. The molecule has 0 amide bonds. The van der Waals surface area contributed by atoms with Crippen LogP contribution in [0.1, 0.15) is 25.5 Å². The third kappa shape index (κ3) is 4.20. The number of hydrogen-bond acceptors (Lipinski definition) is 7. The lowest BCUT2D eigenvalue weighted by Gasteiger charge is -2.14. The van der Waals surface area contributed by atoms with Crippen LogP contribution in [0.3, 0.4) is 0 Å². The SMILES string of the molecule is C=C/C=C(\O)c1nc(N)nc(-c2ccco2)c1-c1ccnc(OCCCC)c1. The van der Waals surface area contributed by atoms with E-state index in [2.05, 4.69) is 28.5 Å². The van der Waals surface area contributed by atoms with E-state index in [1.165, 1.54) is 12.2 Å². The number of nitrogens with zero attached hydrogens (tertiary/aromatic N) is 3. The predicted octanol–water partition coefficient (Wildman–Crippen LogP) is 4.64. The van der Waals surface area contributed by atoms with Crippen LogP contribution < -0.4 is 10.5 Å². The van der Waals surface area contributed by atoms with E-state index in [1.54, 1.807) is 36.7 Å². The highest BCUT2D eigenvalue weighted by Crippen LogP contribution is 2.37. The van der Waals surface area contributed by atoms with E-state index < -0.39 is 0 Å². The second kappa shape index (κ2) is 8.85. The zero-order valence-corrected chi connectivity index (χ0v) is 15.6. The van der Waals surface area contributed by atoms with Crippen LogP contribution in [0.4, 0.5) is 5.95 Å². The minimum absolute atomic E-state index is 0.0163. The highest BCUT2D eigenvalue weighted by molar-refractivity contribution is 5.87. The number of aromatic nitrogens is 3. The number of hydrogen-bond donors (Lipinski definition) is 2. The summed E-state index contributed by atoms with van der Waals surface area (Å²) in [4.78, 5) is 12.8. The predicted molar refractivity (Wildman–Crippen MR) is 109 cm³/mol. The first-order valence-electron chi connectivity index (χ1n) is 8.96. The summed E-state index contributed by atoms with van der Waals surface area (Å²) in [5, 5.41) is 10.5. The van der Waals surface area contributed by atoms with Crippen molar-refractivity contribution in [1.29, 1.82) is 0 Å². The van der Waals surface area contributed by atoms with Crippen molar-refractivity contribution >= 4 is 11.7 Å². The summed E-state index contributed by atoms with van der Waals surface area (Å²) in [7, 11) is 0. The van der Waals surface area contributed by atoms with Crippen molar-refractivity contribution in [3.63, 3.8) is 0 Å². The fourth-order valence-corrected chi connectivity index (χ4v) is 2.68. The minimum atomic E-state index is -0.0860. The smallest absolute Gasteiger partial charge is 0.221 e. The quantitative estimate of drug-likeness (QED) is 0.334. The Morgan fingerprint density at radius 2 is 2.21 bits per heavy atom. The first-order valence-corrected chi connectivity index (χ1v) is 8.96. The summed E-state index contributed by atoms with van der Waals surface area (Å²) < 4.78 is 11.2. The minimum Gasteiger partial charge on any atom is -0.506 e. The van der Waals surface area contributed by atoms with E-state index in [4.69, 9.17) is 14.9 Å². The van der Waals surface area contributed by atoms with Gasteiger partial charge in [-0.1, -0.05) is 26.0 Å². The van der Waals surface area contributed by atoms with Gasteiger partial charge in [0.2, 0.25) is 11.8 Å². The molecule has 7 heteroatoms. The maximum absolute atomic E-state index is 10.5. The van der Waals surface area contributed by atoms with E-state index in [1.807, 2.05) is 0 Å². The van der Waals surface area contributed by atoms with Crippen LogP contribution in [0.25, 0.3) is 28.3 Å². The molecular weight excluding hydrogens is 356 g/mol. The van der Waals surface area contributed by atoms with Gasteiger partial charge in [-0.15, -0.1) is 0 Å². The third-order valence-electron chi connectivity index (χ3n) is 3.97. The Kier molecular flexibility index (Phi) is 6.06. The number of ether oxygens (including phenoxy) is 1. The molecule has 0 saturated carbocycles. The average molecular weight is 378 g/mol. The molecule has 0 radical (unpaired) electrons. The Morgan fingerprint density at radius 3 is 2.93 bits per heavy atom. The molecule has 0 atom stereocenters. The molecule has 0 spiro atoms. The van der Waals surface area contributed by atoms with Gasteiger partial charge < -0.3 is 20.0 Å². The Morgan fingerprint density at radius 1 is 1.36 bits per heavy atom. The molecule has 0 aliphatic carbocycles. The standard InChI is InChI=1S/C21H22N4O3/c1-3-5-11-28-17-13-14(9-10-23-17)18-19(15(26)7-4-2)24-21(22)25-20(18)16-8-6-12-27-16/h4,6-10,12-13,26H,2-3,5,11H2,1H3,(H2,22,24,25)/b15-7-. The number of furan rings is 1. The summed E-state index contributed by atoms with van der Waals surface area (Å²) in [6, 6.07) is 7.09. The van der Waals surface area contributed by atoms with Gasteiger partial charge in [0.15, 0.2) is 5.76 Å². The molecule has 3 aromatic rings. The second-order valence-electron chi connectivity index (χ2n) is 6.00. The van der Waals surface area contributed by atoms with Gasteiger partial charge in [0, 0.05) is 17.8 Å². The number of aliphatic hydroxyl groups excluding tert-OH is 1. The van der Waals surface area contributed by atoms with Crippen LogP contribution in [0.15, 0.2) is 59.9 Å². The fraction of sp³-hybridized carbons (Fsp3) is 0.190. The summed E-state index contributed by atoms with van der Waals surface area (Å²) in [6.45, 7) is 6.29. The number of rotatable bonds is 8. The van der Waals surface area contributed by atoms with Gasteiger partial charge in [-0.25, -0.2) is 15.0 Å². The van der Waals surface area contributed by atoms with E-state index in [0.29, 0.717) is 35.1 Å². The van der Waals surface area contributed by atoms with Crippen molar-refractivity contribution in [2.75, 3.05) is 12.3 Å². The zero-order valence-electron chi connectivity index (χ0n) is 15.6. The number of aliphatic hydroxyl groups is 1. The van der Waals surface area contributed by atoms with E-state index in [-0.39, 0.29) is 17.4 Å². The van der Waals surface area contributed by atoms with Gasteiger partial charge in [0.1, 0.15) is 17.1 Å². The van der Waals surface area contributed by atoms with Gasteiger partial charge in [0.25, 0.3) is 0 Å². The first kappa shape index (κ1) is 19.2. The van der Waals surface area contributed by atoms with Crippen molar-refractivity contribution in [1.82, 2.24) is 15.0 Å². The molecule has 28 heavy (non-hydrogen) atoms. The van der Waals surface area contributed by atoms with Gasteiger partial charge in [-0.3, -0.25) is 0 Å². The lowest BCUT2D eigenvalue weighted by atomic mass is 10.00. The van der Waals surface area contributed by atoms with Gasteiger partial charge >= 0.3 is 0 Å². The van der Waals surface area contributed by atoms with Crippen LogP contribution in [0, 0.1) is 0 Å². The fourth-order valence-electron chi connectivity index (χ4n) is 2.68. The number of anilines is 1. The van der Waals surface area contributed by atoms with Crippen LogP contribution in [-0.2, 0) is 0 Å². The number of allylic oxidation sites excluding steroid dienone is 2. The Hall–Kier alpha value is -3.61. The molecule has 0 unspecified atom stereocenters. The van der Waals surface area contributed by atoms with Gasteiger partial charge in [-0.2, -0.15) is 0 Å². The molecular formula is C21H22N4O3. The first-order chi connectivity index (χ1) is 13.6. The van der Waals surface area contributed by atoms with Crippen molar-refractivity contribution < 1.29 is 14.3 Å².